The number of oxazole rings is 1. The van der Waals surface area contributed by atoms with Crippen LogP contribution >= 0.6 is 0 Å². The van der Waals surface area contributed by atoms with Crippen LogP contribution in [0.4, 0.5) is 0 Å². The Bertz CT molecular complexity index is 1190. The fraction of sp³-hybridized carbons (Fsp3) is 0.409. The number of rotatable bonds is 4. The van der Waals surface area contributed by atoms with Crippen molar-refractivity contribution in [3.8, 4) is 0 Å². The highest BCUT2D eigenvalue weighted by Gasteiger charge is 2.27. The summed E-state index contributed by atoms with van der Waals surface area (Å²) in [6, 6.07) is 7.84. The summed E-state index contributed by atoms with van der Waals surface area (Å²) in [5.41, 5.74) is 4.71. The maximum atomic E-state index is 12.8. The van der Waals surface area contributed by atoms with Gasteiger partial charge in [0.05, 0.1) is 0 Å². The Kier molecular flexibility index (Phi) is 4.69. The van der Waals surface area contributed by atoms with E-state index in [0.29, 0.717) is 18.6 Å². The molecule has 0 bridgehead atoms. The van der Waals surface area contributed by atoms with Gasteiger partial charge in [-0.2, -0.15) is 10.1 Å². The average molecular weight is 404 g/mol. The third-order valence-electron chi connectivity index (χ3n) is 6.08. The van der Waals surface area contributed by atoms with Crippen LogP contribution in [0.2, 0.25) is 0 Å². The third-order valence-corrected chi connectivity index (χ3v) is 6.08. The molecule has 1 aromatic carbocycles. The van der Waals surface area contributed by atoms with Gasteiger partial charge in [-0.15, -0.1) is 0 Å². The van der Waals surface area contributed by atoms with Crippen LogP contribution < -0.4 is 0 Å². The molecule has 8 heteroatoms. The SMILES string of the molecule is Cc1nc2ncnn2c(C)c1CCC(=O)N1CCC(c2nc3ccccc3o2)CC1. The Morgan fingerprint density at radius 2 is 1.97 bits per heavy atom. The molecule has 4 heterocycles. The molecule has 0 atom stereocenters. The van der Waals surface area contributed by atoms with E-state index in [4.69, 9.17) is 4.42 Å². The lowest BCUT2D eigenvalue weighted by molar-refractivity contribution is -0.132. The normalized spacial score (nSPS) is 15.3. The van der Waals surface area contributed by atoms with E-state index in [0.717, 1.165) is 59.9 Å². The number of carbonyl (C=O) groups excluding carboxylic acids is 1. The van der Waals surface area contributed by atoms with E-state index < -0.39 is 0 Å². The number of likely N-dealkylation sites (tertiary alicyclic amines) is 1. The largest absolute Gasteiger partial charge is 0.440 e. The van der Waals surface area contributed by atoms with Gasteiger partial charge in [0, 0.05) is 36.8 Å². The van der Waals surface area contributed by atoms with Crippen molar-refractivity contribution in [2.24, 2.45) is 0 Å². The van der Waals surface area contributed by atoms with E-state index in [1.54, 1.807) is 4.52 Å². The minimum absolute atomic E-state index is 0.184. The first-order valence-corrected chi connectivity index (χ1v) is 10.4. The van der Waals surface area contributed by atoms with Crippen LogP contribution in [-0.4, -0.2) is 48.5 Å². The fourth-order valence-electron chi connectivity index (χ4n) is 4.35. The molecule has 0 N–H and O–H groups in total. The van der Waals surface area contributed by atoms with Crippen LogP contribution in [0.3, 0.4) is 0 Å². The zero-order chi connectivity index (χ0) is 20.7. The van der Waals surface area contributed by atoms with Gasteiger partial charge in [0.15, 0.2) is 11.5 Å². The lowest BCUT2D eigenvalue weighted by Crippen LogP contribution is -2.38. The maximum Gasteiger partial charge on any atom is 0.252 e. The van der Waals surface area contributed by atoms with Gasteiger partial charge in [0.25, 0.3) is 5.78 Å². The van der Waals surface area contributed by atoms with E-state index in [1.807, 2.05) is 43.0 Å². The van der Waals surface area contributed by atoms with Crippen molar-refractivity contribution in [1.29, 1.82) is 0 Å². The summed E-state index contributed by atoms with van der Waals surface area (Å²) in [5.74, 6) is 1.84. The van der Waals surface area contributed by atoms with Crippen molar-refractivity contribution in [1.82, 2.24) is 29.5 Å². The lowest BCUT2D eigenvalue weighted by atomic mass is 9.96. The van der Waals surface area contributed by atoms with Gasteiger partial charge in [0.2, 0.25) is 5.91 Å². The third kappa shape index (κ3) is 3.32. The number of para-hydroxylation sites is 2. The van der Waals surface area contributed by atoms with Crippen LogP contribution in [0, 0.1) is 13.8 Å². The van der Waals surface area contributed by atoms with E-state index in [1.165, 1.54) is 6.33 Å². The Morgan fingerprint density at radius 3 is 2.77 bits per heavy atom. The Balaban J connectivity index is 1.21. The van der Waals surface area contributed by atoms with Gasteiger partial charge < -0.3 is 9.32 Å². The molecule has 4 aromatic rings. The number of piperidine rings is 1. The van der Waals surface area contributed by atoms with Gasteiger partial charge in [-0.3, -0.25) is 4.79 Å². The Morgan fingerprint density at radius 1 is 1.17 bits per heavy atom. The summed E-state index contributed by atoms with van der Waals surface area (Å²) in [5, 5.41) is 4.22. The molecule has 30 heavy (non-hydrogen) atoms. The standard InChI is InChI=1S/C22H24N6O2/c1-14-17(15(2)28-22(25-14)23-13-24-28)7-8-20(29)27-11-9-16(10-12-27)21-26-18-5-3-4-6-19(18)30-21/h3-6,13,16H,7-12H2,1-2H3. The Labute approximate surface area is 173 Å². The van der Waals surface area contributed by atoms with Gasteiger partial charge >= 0.3 is 0 Å². The lowest BCUT2D eigenvalue weighted by Gasteiger charge is -2.30. The van der Waals surface area contributed by atoms with Crippen molar-refractivity contribution in [3.63, 3.8) is 0 Å². The van der Waals surface area contributed by atoms with Crippen LogP contribution in [0.15, 0.2) is 35.0 Å². The summed E-state index contributed by atoms with van der Waals surface area (Å²) < 4.78 is 7.66. The van der Waals surface area contributed by atoms with Crippen molar-refractivity contribution >= 4 is 22.8 Å². The number of carbonyl (C=O) groups is 1. The molecule has 0 unspecified atom stereocenters. The minimum atomic E-state index is 0.184. The van der Waals surface area contributed by atoms with Crippen LogP contribution in [0.1, 0.15) is 48.0 Å². The molecular formula is C22H24N6O2. The molecule has 0 saturated carbocycles. The number of amides is 1. The van der Waals surface area contributed by atoms with Crippen LogP contribution in [0.25, 0.3) is 16.9 Å². The molecule has 0 aliphatic carbocycles. The molecule has 0 spiro atoms. The highest BCUT2D eigenvalue weighted by atomic mass is 16.3. The maximum absolute atomic E-state index is 12.8. The number of nitrogens with zero attached hydrogens (tertiary/aromatic N) is 6. The molecular weight excluding hydrogens is 380 g/mol. The minimum Gasteiger partial charge on any atom is -0.440 e. The summed E-state index contributed by atoms with van der Waals surface area (Å²) >= 11 is 0. The summed E-state index contributed by atoms with van der Waals surface area (Å²) in [7, 11) is 0. The fourth-order valence-corrected chi connectivity index (χ4v) is 4.35. The van der Waals surface area contributed by atoms with Crippen molar-refractivity contribution < 1.29 is 9.21 Å². The number of hydrogen-bond donors (Lipinski definition) is 0. The predicted molar refractivity (Wildman–Crippen MR) is 111 cm³/mol. The second-order valence-corrected chi connectivity index (χ2v) is 7.91. The van der Waals surface area contributed by atoms with Crippen molar-refractivity contribution in [3.05, 3.63) is 53.4 Å². The second kappa shape index (κ2) is 7.51. The zero-order valence-corrected chi connectivity index (χ0v) is 17.2. The number of fused-ring (bicyclic) bond motifs is 2. The Hall–Kier alpha value is -3.29. The predicted octanol–water partition coefficient (Wildman–Crippen LogP) is 3.22. The van der Waals surface area contributed by atoms with Gasteiger partial charge in [-0.1, -0.05) is 12.1 Å². The molecule has 5 rings (SSSR count). The average Bonchev–Trinajstić information content (AvgIpc) is 3.40. The summed E-state index contributed by atoms with van der Waals surface area (Å²) in [6.45, 7) is 5.44. The van der Waals surface area contributed by atoms with Crippen LogP contribution in [-0.2, 0) is 11.2 Å². The molecule has 1 amide bonds. The second-order valence-electron chi connectivity index (χ2n) is 7.91. The first kappa shape index (κ1) is 18.7. The smallest absolute Gasteiger partial charge is 0.252 e. The van der Waals surface area contributed by atoms with Gasteiger partial charge in [0.1, 0.15) is 11.8 Å². The molecule has 0 radical (unpaired) electrons. The highest BCUT2D eigenvalue weighted by molar-refractivity contribution is 5.76. The number of aromatic nitrogens is 5. The van der Waals surface area contributed by atoms with Crippen molar-refractivity contribution in [2.45, 2.75) is 45.4 Å². The molecule has 3 aromatic heterocycles. The first-order valence-electron chi connectivity index (χ1n) is 10.4. The molecule has 1 saturated heterocycles. The zero-order valence-electron chi connectivity index (χ0n) is 17.2. The number of hydrogen-bond acceptors (Lipinski definition) is 6. The number of aryl methyl sites for hydroxylation is 2. The quantitative estimate of drug-likeness (QED) is 0.519. The molecule has 8 nitrogen and oxygen atoms in total. The number of benzene rings is 1. The van der Waals surface area contributed by atoms with E-state index >= 15 is 0 Å². The summed E-state index contributed by atoms with van der Waals surface area (Å²) in [4.78, 5) is 28.1. The molecule has 1 aliphatic rings. The van der Waals surface area contributed by atoms with E-state index in [-0.39, 0.29) is 11.8 Å². The van der Waals surface area contributed by atoms with E-state index in [2.05, 4.69) is 20.1 Å². The van der Waals surface area contributed by atoms with Gasteiger partial charge in [-0.25, -0.2) is 14.5 Å². The topological polar surface area (TPSA) is 89.4 Å². The summed E-state index contributed by atoms with van der Waals surface area (Å²) in [6.07, 6.45) is 4.39. The van der Waals surface area contributed by atoms with Crippen LogP contribution in [0.5, 0.6) is 0 Å². The molecule has 1 aliphatic heterocycles. The van der Waals surface area contributed by atoms with E-state index in [9.17, 15) is 4.79 Å². The highest BCUT2D eigenvalue weighted by Crippen LogP contribution is 2.30. The first-order chi connectivity index (χ1) is 14.6. The van der Waals surface area contributed by atoms with Gasteiger partial charge in [-0.05, 0) is 50.8 Å². The van der Waals surface area contributed by atoms with Crippen molar-refractivity contribution in [2.75, 3.05) is 13.1 Å². The molecule has 154 valence electrons. The molecule has 1 fully saturated rings. The monoisotopic (exact) mass is 404 g/mol.